The smallest absolute Gasteiger partial charge is 0.125 e. The van der Waals surface area contributed by atoms with Crippen molar-refractivity contribution in [2.24, 2.45) is 5.73 Å². The Labute approximate surface area is 113 Å². The molecule has 1 aromatic rings. The number of hydrogen-bond acceptors (Lipinski definition) is 3. The highest BCUT2D eigenvalue weighted by Crippen LogP contribution is 2.43. The Morgan fingerprint density at radius 1 is 1.42 bits per heavy atom. The van der Waals surface area contributed by atoms with Crippen molar-refractivity contribution in [3.8, 4) is 5.75 Å². The fourth-order valence-electron chi connectivity index (χ4n) is 3.27. The van der Waals surface area contributed by atoms with Gasteiger partial charge < -0.3 is 15.4 Å². The van der Waals surface area contributed by atoms with Crippen molar-refractivity contribution in [1.29, 1.82) is 0 Å². The first-order chi connectivity index (χ1) is 9.12. The minimum absolute atomic E-state index is 0.118. The summed E-state index contributed by atoms with van der Waals surface area (Å²) in [5, 5.41) is 0. The molecule has 1 atom stereocenters. The molecule has 0 aromatic heterocycles. The van der Waals surface area contributed by atoms with Crippen LogP contribution in [0.5, 0.6) is 5.75 Å². The zero-order valence-corrected chi connectivity index (χ0v) is 11.4. The van der Waals surface area contributed by atoms with Crippen LogP contribution in [0, 0.1) is 5.82 Å². The summed E-state index contributed by atoms with van der Waals surface area (Å²) < 4.78 is 19.5. The predicted octanol–water partition coefficient (Wildman–Crippen LogP) is 2.46. The first-order valence-electron chi connectivity index (χ1n) is 7.08. The number of piperidine rings is 1. The van der Waals surface area contributed by atoms with E-state index in [0.717, 1.165) is 50.2 Å². The zero-order valence-electron chi connectivity index (χ0n) is 11.4. The van der Waals surface area contributed by atoms with E-state index in [1.165, 1.54) is 12.1 Å². The van der Waals surface area contributed by atoms with E-state index in [1.807, 2.05) is 0 Å². The highest BCUT2D eigenvalue weighted by Gasteiger charge is 2.42. The third-order valence-electron chi connectivity index (χ3n) is 4.50. The maximum atomic E-state index is 13.3. The summed E-state index contributed by atoms with van der Waals surface area (Å²) in [6, 6.07) is 4.56. The molecule has 0 bridgehead atoms. The molecule has 1 fully saturated rings. The molecular formula is C15H21FN2O. The van der Waals surface area contributed by atoms with Crippen LogP contribution in [-0.2, 0) is 0 Å². The molecule has 1 unspecified atom stereocenters. The van der Waals surface area contributed by atoms with E-state index in [1.54, 1.807) is 6.07 Å². The van der Waals surface area contributed by atoms with Gasteiger partial charge in [-0.05, 0) is 37.6 Å². The van der Waals surface area contributed by atoms with Gasteiger partial charge in [0.05, 0.1) is 0 Å². The average molecular weight is 264 g/mol. The van der Waals surface area contributed by atoms with Crippen LogP contribution in [-0.4, -0.2) is 30.1 Å². The highest BCUT2D eigenvalue weighted by atomic mass is 19.1. The molecule has 1 saturated heterocycles. The standard InChI is InChI=1S/C15H21FN2O/c1-2-18-7-5-15(6-8-18)10-13(17)12-9-11(16)3-4-14(12)19-15/h3-4,9,13H,2,5-8,10,17H2,1H3. The molecule has 1 aromatic carbocycles. The Kier molecular flexibility index (Phi) is 3.23. The van der Waals surface area contributed by atoms with Crippen LogP contribution < -0.4 is 10.5 Å². The molecule has 1 spiro atoms. The Morgan fingerprint density at radius 3 is 2.84 bits per heavy atom. The van der Waals surface area contributed by atoms with E-state index >= 15 is 0 Å². The molecule has 3 rings (SSSR count). The van der Waals surface area contributed by atoms with Gasteiger partial charge in [0.2, 0.25) is 0 Å². The van der Waals surface area contributed by atoms with Crippen molar-refractivity contribution in [3.63, 3.8) is 0 Å². The van der Waals surface area contributed by atoms with Gasteiger partial charge in [-0.2, -0.15) is 0 Å². The van der Waals surface area contributed by atoms with Crippen LogP contribution in [0.1, 0.15) is 37.8 Å². The summed E-state index contributed by atoms with van der Waals surface area (Å²) in [5.74, 6) is 0.527. The van der Waals surface area contributed by atoms with Gasteiger partial charge in [0, 0.05) is 31.1 Å². The predicted molar refractivity (Wildman–Crippen MR) is 72.7 cm³/mol. The molecule has 2 aliphatic heterocycles. The first kappa shape index (κ1) is 12.9. The van der Waals surface area contributed by atoms with E-state index in [2.05, 4.69) is 11.8 Å². The number of nitrogens with two attached hydrogens (primary N) is 1. The number of hydrogen-bond donors (Lipinski definition) is 1. The largest absolute Gasteiger partial charge is 0.487 e. The van der Waals surface area contributed by atoms with Gasteiger partial charge in [0.1, 0.15) is 17.2 Å². The molecule has 0 amide bonds. The van der Waals surface area contributed by atoms with Gasteiger partial charge in [0.25, 0.3) is 0 Å². The summed E-state index contributed by atoms with van der Waals surface area (Å²) in [6.07, 6.45) is 2.80. The zero-order chi connectivity index (χ0) is 13.5. The lowest BCUT2D eigenvalue weighted by Crippen LogP contribution is -2.51. The van der Waals surface area contributed by atoms with Crippen molar-refractivity contribution >= 4 is 0 Å². The Balaban J connectivity index is 1.83. The van der Waals surface area contributed by atoms with E-state index in [0.29, 0.717) is 0 Å². The van der Waals surface area contributed by atoms with E-state index in [9.17, 15) is 4.39 Å². The SMILES string of the molecule is CCN1CCC2(CC1)CC(N)c1cc(F)ccc1O2. The topological polar surface area (TPSA) is 38.5 Å². The second kappa shape index (κ2) is 4.76. The second-order valence-electron chi connectivity index (χ2n) is 5.71. The highest BCUT2D eigenvalue weighted by molar-refractivity contribution is 5.39. The number of benzene rings is 1. The molecule has 2 N–H and O–H groups in total. The minimum Gasteiger partial charge on any atom is -0.487 e. The molecule has 0 saturated carbocycles. The van der Waals surface area contributed by atoms with Crippen LogP contribution in [0.25, 0.3) is 0 Å². The van der Waals surface area contributed by atoms with Gasteiger partial charge in [0.15, 0.2) is 0 Å². The van der Waals surface area contributed by atoms with Crippen molar-refractivity contribution in [2.75, 3.05) is 19.6 Å². The number of ether oxygens (including phenoxy) is 1. The first-order valence-corrected chi connectivity index (χ1v) is 7.08. The summed E-state index contributed by atoms with van der Waals surface area (Å²) in [5.41, 5.74) is 6.89. The number of fused-ring (bicyclic) bond motifs is 1. The van der Waals surface area contributed by atoms with Crippen LogP contribution >= 0.6 is 0 Å². The molecule has 3 nitrogen and oxygen atoms in total. The molecular weight excluding hydrogens is 243 g/mol. The summed E-state index contributed by atoms with van der Waals surface area (Å²) in [4.78, 5) is 2.43. The van der Waals surface area contributed by atoms with Crippen molar-refractivity contribution < 1.29 is 9.13 Å². The van der Waals surface area contributed by atoms with Gasteiger partial charge >= 0.3 is 0 Å². The van der Waals surface area contributed by atoms with Gasteiger partial charge in [-0.25, -0.2) is 4.39 Å². The Bertz CT molecular complexity index is 469. The number of likely N-dealkylation sites (tertiary alicyclic amines) is 1. The number of rotatable bonds is 1. The van der Waals surface area contributed by atoms with E-state index < -0.39 is 0 Å². The van der Waals surface area contributed by atoms with Crippen molar-refractivity contribution in [2.45, 2.75) is 37.8 Å². The van der Waals surface area contributed by atoms with Gasteiger partial charge in [-0.15, -0.1) is 0 Å². The van der Waals surface area contributed by atoms with Crippen LogP contribution in [0.4, 0.5) is 4.39 Å². The van der Waals surface area contributed by atoms with Crippen molar-refractivity contribution in [3.05, 3.63) is 29.6 Å². The third kappa shape index (κ3) is 2.35. The van der Waals surface area contributed by atoms with Crippen molar-refractivity contribution in [1.82, 2.24) is 4.90 Å². The lowest BCUT2D eigenvalue weighted by atomic mass is 9.81. The lowest BCUT2D eigenvalue weighted by Gasteiger charge is -2.46. The van der Waals surface area contributed by atoms with Crippen LogP contribution in [0.2, 0.25) is 0 Å². The summed E-state index contributed by atoms with van der Waals surface area (Å²) >= 11 is 0. The Hall–Kier alpha value is -1.13. The Morgan fingerprint density at radius 2 is 2.16 bits per heavy atom. The fourth-order valence-corrected chi connectivity index (χ4v) is 3.27. The summed E-state index contributed by atoms with van der Waals surface area (Å²) in [6.45, 7) is 5.38. The number of nitrogens with zero attached hydrogens (tertiary/aromatic N) is 1. The quantitative estimate of drug-likeness (QED) is 0.847. The number of halogens is 1. The lowest BCUT2D eigenvalue weighted by molar-refractivity contribution is -0.0206. The molecule has 104 valence electrons. The van der Waals surface area contributed by atoms with Gasteiger partial charge in [-0.1, -0.05) is 6.92 Å². The average Bonchev–Trinajstić information content (AvgIpc) is 2.41. The molecule has 0 aliphatic carbocycles. The molecule has 2 heterocycles. The van der Waals surface area contributed by atoms with E-state index in [4.69, 9.17) is 10.5 Å². The van der Waals surface area contributed by atoms with E-state index in [-0.39, 0.29) is 17.5 Å². The minimum atomic E-state index is -0.241. The normalized spacial score (nSPS) is 25.9. The van der Waals surface area contributed by atoms with Crippen LogP contribution in [0.3, 0.4) is 0 Å². The molecule has 4 heteroatoms. The third-order valence-corrected chi connectivity index (χ3v) is 4.50. The molecule has 2 aliphatic rings. The molecule has 0 radical (unpaired) electrons. The van der Waals surface area contributed by atoms with Gasteiger partial charge in [-0.3, -0.25) is 0 Å². The summed E-state index contributed by atoms with van der Waals surface area (Å²) in [7, 11) is 0. The maximum absolute atomic E-state index is 13.3. The monoisotopic (exact) mass is 264 g/mol. The van der Waals surface area contributed by atoms with Crippen LogP contribution in [0.15, 0.2) is 18.2 Å². The fraction of sp³-hybridized carbons (Fsp3) is 0.600. The maximum Gasteiger partial charge on any atom is 0.125 e. The molecule has 19 heavy (non-hydrogen) atoms. The second-order valence-corrected chi connectivity index (χ2v) is 5.71.